The van der Waals surface area contributed by atoms with Crippen molar-refractivity contribution in [1.82, 2.24) is 14.3 Å². The second-order valence-corrected chi connectivity index (χ2v) is 5.02. The monoisotopic (exact) mass is 273 g/mol. The molecule has 1 amide bonds. The SMILES string of the molecule is O=C(O)CN(C(=O)Cc1cn2ccccc2n1)C1CC1. The van der Waals surface area contributed by atoms with Crippen molar-refractivity contribution >= 4 is 17.5 Å². The zero-order chi connectivity index (χ0) is 14.1. The van der Waals surface area contributed by atoms with Gasteiger partial charge in [-0.25, -0.2) is 4.98 Å². The Morgan fingerprint density at radius 2 is 2.20 bits per heavy atom. The number of nitrogens with zero attached hydrogens (tertiary/aromatic N) is 3. The molecule has 0 aliphatic heterocycles. The van der Waals surface area contributed by atoms with E-state index in [1.807, 2.05) is 28.8 Å². The predicted octanol–water partition coefficient (Wildman–Crippen LogP) is 0.952. The first kappa shape index (κ1) is 12.7. The summed E-state index contributed by atoms with van der Waals surface area (Å²) >= 11 is 0. The van der Waals surface area contributed by atoms with E-state index in [1.54, 1.807) is 6.20 Å². The summed E-state index contributed by atoms with van der Waals surface area (Å²) in [6.45, 7) is -0.225. The minimum Gasteiger partial charge on any atom is -0.480 e. The van der Waals surface area contributed by atoms with Gasteiger partial charge in [0.15, 0.2) is 0 Å². The highest BCUT2D eigenvalue weighted by molar-refractivity contribution is 5.83. The topological polar surface area (TPSA) is 74.9 Å². The molecule has 1 fully saturated rings. The van der Waals surface area contributed by atoms with Crippen molar-refractivity contribution in [3.05, 3.63) is 36.3 Å². The Balaban J connectivity index is 1.75. The quantitative estimate of drug-likeness (QED) is 0.880. The first-order chi connectivity index (χ1) is 9.63. The number of hydrogen-bond donors (Lipinski definition) is 1. The number of carbonyl (C=O) groups is 2. The molecule has 6 nitrogen and oxygen atoms in total. The second kappa shape index (κ2) is 4.96. The van der Waals surface area contributed by atoms with Gasteiger partial charge in [-0.2, -0.15) is 0 Å². The normalized spacial score (nSPS) is 14.4. The van der Waals surface area contributed by atoms with E-state index >= 15 is 0 Å². The Hall–Kier alpha value is -2.37. The van der Waals surface area contributed by atoms with Crippen LogP contribution in [0.5, 0.6) is 0 Å². The van der Waals surface area contributed by atoms with E-state index in [9.17, 15) is 9.59 Å². The van der Waals surface area contributed by atoms with Gasteiger partial charge in [0.25, 0.3) is 0 Å². The molecule has 0 spiro atoms. The number of imidazole rings is 1. The van der Waals surface area contributed by atoms with Crippen LogP contribution in [0.25, 0.3) is 5.65 Å². The van der Waals surface area contributed by atoms with Gasteiger partial charge in [0.05, 0.1) is 12.1 Å². The predicted molar refractivity (Wildman–Crippen MR) is 71.3 cm³/mol. The standard InChI is InChI=1S/C14H15N3O3/c18-13(17(9-14(19)20)11-4-5-11)7-10-8-16-6-2-1-3-12(16)15-10/h1-3,6,8,11H,4-5,7,9H2,(H,19,20). The average Bonchev–Trinajstić information content (AvgIpc) is 3.15. The van der Waals surface area contributed by atoms with Gasteiger partial charge >= 0.3 is 5.97 Å². The number of hydrogen-bond acceptors (Lipinski definition) is 3. The molecule has 0 unspecified atom stereocenters. The van der Waals surface area contributed by atoms with Crippen molar-refractivity contribution in [1.29, 1.82) is 0 Å². The zero-order valence-electron chi connectivity index (χ0n) is 10.9. The lowest BCUT2D eigenvalue weighted by Crippen LogP contribution is -2.38. The van der Waals surface area contributed by atoms with Crippen LogP contribution in [0.3, 0.4) is 0 Å². The maximum atomic E-state index is 12.2. The van der Waals surface area contributed by atoms with Gasteiger partial charge in [0.1, 0.15) is 12.2 Å². The van der Waals surface area contributed by atoms with Crippen LogP contribution in [0.2, 0.25) is 0 Å². The number of rotatable bonds is 5. The summed E-state index contributed by atoms with van der Waals surface area (Å²) in [6, 6.07) is 5.73. The minimum absolute atomic E-state index is 0.0932. The van der Waals surface area contributed by atoms with Crippen molar-refractivity contribution in [2.45, 2.75) is 25.3 Å². The first-order valence-electron chi connectivity index (χ1n) is 6.57. The summed E-state index contributed by atoms with van der Waals surface area (Å²) in [5.74, 6) is -1.14. The highest BCUT2D eigenvalue weighted by Crippen LogP contribution is 2.27. The number of carbonyl (C=O) groups excluding carboxylic acids is 1. The third kappa shape index (κ3) is 2.64. The fourth-order valence-corrected chi connectivity index (χ4v) is 2.28. The number of carboxylic acids is 1. The molecule has 2 aromatic heterocycles. The number of aliphatic carboxylic acids is 1. The molecule has 2 aromatic rings. The van der Waals surface area contributed by atoms with Crippen LogP contribution >= 0.6 is 0 Å². The molecule has 0 atom stereocenters. The summed E-state index contributed by atoms with van der Waals surface area (Å²) in [4.78, 5) is 28.9. The van der Waals surface area contributed by atoms with E-state index in [2.05, 4.69) is 4.98 Å². The molecule has 2 heterocycles. The van der Waals surface area contributed by atoms with Crippen molar-refractivity contribution in [3.8, 4) is 0 Å². The van der Waals surface area contributed by atoms with Gasteiger partial charge in [-0.15, -0.1) is 0 Å². The lowest BCUT2D eigenvalue weighted by atomic mass is 10.3. The van der Waals surface area contributed by atoms with E-state index in [0.29, 0.717) is 5.69 Å². The number of amides is 1. The van der Waals surface area contributed by atoms with Gasteiger partial charge in [0.2, 0.25) is 5.91 Å². The molecule has 1 saturated carbocycles. The number of aromatic nitrogens is 2. The van der Waals surface area contributed by atoms with Gasteiger partial charge < -0.3 is 14.4 Å². The van der Waals surface area contributed by atoms with Crippen LogP contribution in [0.1, 0.15) is 18.5 Å². The molecule has 1 aliphatic carbocycles. The molecule has 20 heavy (non-hydrogen) atoms. The lowest BCUT2D eigenvalue weighted by molar-refractivity contribution is -0.144. The Morgan fingerprint density at radius 1 is 1.40 bits per heavy atom. The van der Waals surface area contributed by atoms with Crippen molar-refractivity contribution in [2.75, 3.05) is 6.54 Å². The third-order valence-electron chi connectivity index (χ3n) is 3.36. The molecule has 0 saturated heterocycles. The van der Waals surface area contributed by atoms with Crippen molar-refractivity contribution in [3.63, 3.8) is 0 Å². The minimum atomic E-state index is -0.972. The molecule has 1 aliphatic rings. The van der Waals surface area contributed by atoms with E-state index in [-0.39, 0.29) is 24.9 Å². The Morgan fingerprint density at radius 3 is 2.85 bits per heavy atom. The molecule has 0 radical (unpaired) electrons. The summed E-state index contributed by atoms with van der Waals surface area (Å²) in [7, 11) is 0. The molecule has 0 bridgehead atoms. The zero-order valence-corrected chi connectivity index (χ0v) is 10.9. The lowest BCUT2D eigenvalue weighted by Gasteiger charge is -2.19. The number of pyridine rings is 1. The average molecular weight is 273 g/mol. The van der Waals surface area contributed by atoms with Crippen molar-refractivity contribution in [2.24, 2.45) is 0 Å². The molecule has 3 rings (SSSR count). The summed E-state index contributed by atoms with van der Waals surface area (Å²) < 4.78 is 1.85. The molecule has 6 heteroatoms. The fraction of sp³-hybridized carbons (Fsp3) is 0.357. The van der Waals surface area contributed by atoms with Crippen LogP contribution in [-0.2, 0) is 16.0 Å². The van der Waals surface area contributed by atoms with Gasteiger partial charge in [-0.3, -0.25) is 9.59 Å². The van der Waals surface area contributed by atoms with Crippen LogP contribution in [0.4, 0.5) is 0 Å². The van der Waals surface area contributed by atoms with E-state index in [0.717, 1.165) is 18.5 Å². The molecule has 104 valence electrons. The highest BCUT2D eigenvalue weighted by Gasteiger charge is 2.33. The Labute approximate surface area is 115 Å². The molecule has 0 aromatic carbocycles. The maximum Gasteiger partial charge on any atom is 0.323 e. The van der Waals surface area contributed by atoms with Crippen LogP contribution in [0.15, 0.2) is 30.6 Å². The highest BCUT2D eigenvalue weighted by atomic mass is 16.4. The number of carboxylic acid groups (broad SMARTS) is 1. The maximum absolute atomic E-state index is 12.2. The van der Waals surface area contributed by atoms with Crippen LogP contribution in [-0.4, -0.2) is 43.9 Å². The number of fused-ring (bicyclic) bond motifs is 1. The van der Waals surface area contributed by atoms with Crippen LogP contribution < -0.4 is 0 Å². The van der Waals surface area contributed by atoms with E-state index in [4.69, 9.17) is 5.11 Å². The fourth-order valence-electron chi connectivity index (χ4n) is 2.28. The summed E-state index contributed by atoms with van der Waals surface area (Å²) in [5.41, 5.74) is 1.45. The smallest absolute Gasteiger partial charge is 0.323 e. The van der Waals surface area contributed by atoms with Gasteiger partial charge in [0, 0.05) is 18.4 Å². The molecule has 1 N–H and O–H groups in total. The van der Waals surface area contributed by atoms with Crippen molar-refractivity contribution < 1.29 is 14.7 Å². The van der Waals surface area contributed by atoms with Gasteiger partial charge in [-0.05, 0) is 25.0 Å². The second-order valence-electron chi connectivity index (χ2n) is 5.02. The molecular formula is C14H15N3O3. The van der Waals surface area contributed by atoms with E-state index in [1.165, 1.54) is 4.90 Å². The first-order valence-corrected chi connectivity index (χ1v) is 6.57. The summed E-state index contributed by atoms with van der Waals surface area (Å²) in [6.07, 6.45) is 5.60. The summed E-state index contributed by atoms with van der Waals surface area (Å²) in [5, 5.41) is 8.88. The van der Waals surface area contributed by atoms with E-state index < -0.39 is 5.97 Å². The largest absolute Gasteiger partial charge is 0.480 e. The molecular weight excluding hydrogens is 258 g/mol. The Bertz CT molecular complexity index is 627. The Kier molecular flexibility index (Phi) is 3.14. The van der Waals surface area contributed by atoms with Gasteiger partial charge in [-0.1, -0.05) is 6.07 Å². The third-order valence-corrected chi connectivity index (χ3v) is 3.36. The van der Waals surface area contributed by atoms with Crippen LogP contribution in [0, 0.1) is 0 Å².